The minimum absolute atomic E-state index is 0.0324. The number of carbonyl (C=O) groups excluding carboxylic acids is 1. The summed E-state index contributed by atoms with van der Waals surface area (Å²) >= 11 is 13.1. The Hall–Kier alpha value is -2.49. The summed E-state index contributed by atoms with van der Waals surface area (Å²) in [6, 6.07) is 4.83. The summed E-state index contributed by atoms with van der Waals surface area (Å²) in [4.78, 5) is 25.9. The van der Waals surface area contributed by atoms with Crippen LogP contribution in [0.5, 0.6) is 0 Å². The van der Waals surface area contributed by atoms with E-state index in [1.807, 2.05) is 0 Å². The van der Waals surface area contributed by atoms with E-state index in [1.54, 1.807) is 31.0 Å². The summed E-state index contributed by atoms with van der Waals surface area (Å²) in [5.74, 6) is -1.08. The van der Waals surface area contributed by atoms with Crippen molar-refractivity contribution in [2.45, 2.75) is 44.8 Å². The van der Waals surface area contributed by atoms with Crippen LogP contribution in [0.15, 0.2) is 24.3 Å². The summed E-state index contributed by atoms with van der Waals surface area (Å²) in [6.07, 6.45) is -2.98. The van der Waals surface area contributed by atoms with Crippen molar-refractivity contribution in [3.05, 3.63) is 67.6 Å². The molecule has 0 aromatic heterocycles. The van der Waals surface area contributed by atoms with E-state index in [1.165, 1.54) is 5.01 Å². The molecular formula is C25H25Cl2F3N3O3-. The SMILES string of the molecule is Cc1cc(C(F)(F)F)cc2c1C(Cc1c(Cl)ccc(C(=O)N3CCC(CC(=O)O)CC3)c1Cl)[N-]N2C. The monoisotopic (exact) mass is 542 g/mol. The van der Waals surface area contributed by atoms with Gasteiger partial charge in [0, 0.05) is 30.2 Å². The molecule has 1 unspecified atom stereocenters. The van der Waals surface area contributed by atoms with E-state index in [9.17, 15) is 22.8 Å². The van der Waals surface area contributed by atoms with Gasteiger partial charge in [-0.05, 0) is 80.1 Å². The number of piperidine rings is 1. The van der Waals surface area contributed by atoms with Crippen LogP contribution >= 0.6 is 23.2 Å². The molecule has 2 aromatic carbocycles. The highest BCUT2D eigenvalue weighted by Gasteiger charge is 2.34. The number of anilines is 1. The minimum Gasteiger partial charge on any atom is -0.561 e. The van der Waals surface area contributed by atoms with Gasteiger partial charge in [-0.3, -0.25) is 9.59 Å². The van der Waals surface area contributed by atoms with Crippen LogP contribution in [0.25, 0.3) is 5.43 Å². The molecule has 2 aliphatic rings. The van der Waals surface area contributed by atoms with Crippen molar-refractivity contribution in [3.63, 3.8) is 0 Å². The average Bonchev–Trinajstić information content (AvgIpc) is 3.11. The fraction of sp³-hybridized carbons (Fsp3) is 0.440. The lowest BCUT2D eigenvalue weighted by molar-refractivity contribution is -0.139. The van der Waals surface area contributed by atoms with Crippen molar-refractivity contribution in [1.29, 1.82) is 0 Å². The maximum Gasteiger partial charge on any atom is 0.416 e. The Balaban J connectivity index is 1.57. The van der Waals surface area contributed by atoms with Crippen LogP contribution in [0.3, 0.4) is 0 Å². The number of fused-ring (bicyclic) bond motifs is 1. The second-order valence-electron chi connectivity index (χ2n) is 9.30. The quantitative estimate of drug-likeness (QED) is 0.457. The lowest BCUT2D eigenvalue weighted by Crippen LogP contribution is -2.39. The predicted molar refractivity (Wildman–Crippen MR) is 132 cm³/mol. The van der Waals surface area contributed by atoms with Gasteiger partial charge in [0.25, 0.3) is 5.91 Å². The fourth-order valence-electron chi connectivity index (χ4n) is 5.02. The molecule has 0 radical (unpaired) electrons. The number of hydrogen-bond acceptors (Lipinski definition) is 3. The van der Waals surface area contributed by atoms with Gasteiger partial charge in [-0.25, -0.2) is 0 Å². The van der Waals surface area contributed by atoms with Gasteiger partial charge in [0.05, 0.1) is 16.1 Å². The molecule has 1 atom stereocenters. The smallest absolute Gasteiger partial charge is 0.416 e. The van der Waals surface area contributed by atoms with Gasteiger partial charge in [-0.1, -0.05) is 29.2 Å². The third-order valence-electron chi connectivity index (χ3n) is 6.87. The van der Waals surface area contributed by atoms with Crippen LogP contribution in [-0.2, 0) is 17.4 Å². The number of benzene rings is 2. The zero-order valence-electron chi connectivity index (χ0n) is 19.7. The third kappa shape index (κ3) is 5.28. The van der Waals surface area contributed by atoms with E-state index < -0.39 is 23.8 Å². The summed E-state index contributed by atoms with van der Waals surface area (Å²) in [6.45, 7) is 2.48. The van der Waals surface area contributed by atoms with Crippen LogP contribution < -0.4 is 5.01 Å². The number of nitrogens with zero attached hydrogens (tertiary/aromatic N) is 3. The second kappa shape index (κ2) is 10.1. The molecule has 0 spiro atoms. The first-order chi connectivity index (χ1) is 16.9. The molecule has 0 aliphatic carbocycles. The van der Waals surface area contributed by atoms with Crippen LogP contribution in [0, 0.1) is 12.8 Å². The summed E-state index contributed by atoms with van der Waals surface area (Å²) in [7, 11) is 1.59. The van der Waals surface area contributed by atoms with Crippen LogP contribution in [-0.4, -0.2) is 42.0 Å². The molecule has 6 nitrogen and oxygen atoms in total. The summed E-state index contributed by atoms with van der Waals surface area (Å²) < 4.78 is 40.0. The highest BCUT2D eigenvalue weighted by atomic mass is 35.5. The minimum atomic E-state index is -4.47. The van der Waals surface area contributed by atoms with Crippen LogP contribution in [0.1, 0.15) is 57.9 Å². The van der Waals surface area contributed by atoms with Crippen molar-refractivity contribution < 1.29 is 27.9 Å². The number of aliphatic carboxylic acids is 1. The van der Waals surface area contributed by atoms with E-state index in [0.29, 0.717) is 53.3 Å². The number of carbonyl (C=O) groups is 2. The fourth-order valence-corrected chi connectivity index (χ4v) is 5.62. The number of rotatable bonds is 5. The van der Waals surface area contributed by atoms with Crippen molar-refractivity contribution in [2.24, 2.45) is 5.92 Å². The molecule has 2 aromatic rings. The topological polar surface area (TPSA) is 75.0 Å². The Morgan fingerprint density at radius 1 is 1.17 bits per heavy atom. The van der Waals surface area contributed by atoms with Crippen molar-refractivity contribution in [3.8, 4) is 0 Å². The summed E-state index contributed by atoms with van der Waals surface area (Å²) in [5.41, 5.74) is 6.05. The molecule has 0 saturated carbocycles. The van der Waals surface area contributed by atoms with E-state index in [0.717, 1.165) is 12.1 Å². The van der Waals surface area contributed by atoms with Crippen LogP contribution in [0.4, 0.5) is 18.9 Å². The van der Waals surface area contributed by atoms with Gasteiger partial charge in [-0.2, -0.15) is 13.2 Å². The van der Waals surface area contributed by atoms with Crippen molar-refractivity contribution in [1.82, 2.24) is 4.90 Å². The van der Waals surface area contributed by atoms with Gasteiger partial charge in [0.1, 0.15) is 0 Å². The Morgan fingerprint density at radius 2 is 1.83 bits per heavy atom. The molecule has 1 N–H and O–H groups in total. The molecule has 194 valence electrons. The van der Waals surface area contributed by atoms with Gasteiger partial charge >= 0.3 is 12.1 Å². The number of halogens is 5. The van der Waals surface area contributed by atoms with E-state index in [-0.39, 0.29) is 35.3 Å². The maximum absolute atomic E-state index is 13.3. The van der Waals surface area contributed by atoms with Gasteiger partial charge in [0.15, 0.2) is 0 Å². The standard InChI is InChI=1S/C25H25Cl2F3N3O3/c1-13-9-15(25(28,29)30)11-20-22(13)19(31-32(20)2)12-17-18(26)4-3-16(23(17)27)24(36)33-7-5-14(6-8-33)10-21(34)35/h3-4,9,11,14,19H,5-8,10,12H2,1-2H3,(H,34,35)/q-1. The number of hydrogen-bond donors (Lipinski definition) is 1. The van der Waals surface area contributed by atoms with Crippen molar-refractivity contribution >= 4 is 40.8 Å². The first kappa shape index (κ1) is 26.6. The normalized spacial score (nSPS) is 18.5. The number of aryl methyl sites for hydroxylation is 1. The van der Waals surface area contributed by atoms with E-state index in [2.05, 4.69) is 5.43 Å². The van der Waals surface area contributed by atoms with E-state index in [4.69, 9.17) is 28.3 Å². The summed E-state index contributed by atoms with van der Waals surface area (Å²) in [5, 5.41) is 11.0. The molecule has 1 saturated heterocycles. The highest BCUT2D eigenvalue weighted by Crippen LogP contribution is 2.48. The molecule has 1 amide bonds. The zero-order chi connectivity index (χ0) is 26.4. The lowest BCUT2D eigenvalue weighted by atomic mass is 9.92. The van der Waals surface area contributed by atoms with Gasteiger partial charge < -0.3 is 20.4 Å². The lowest BCUT2D eigenvalue weighted by Gasteiger charge is -2.33. The molecule has 0 bridgehead atoms. The molecule has 1 fully saturated rings. The molecule has 36 heavy (non-hydrogen) atoms. The molecule has 2 aliphatic heterocycles. The Bertz CT molecular complexity index is 1200. The van der Waals surface area contributed by atoms with Crippen LogP contribution in [0.2, 0.25) is 10.0 Å². The largest absolute Gasteiger partial charge is 0.561 e. The first-order valence-corrected chi connectivity index (χ1v) is 12.3. The molecule has 4 rings (SSSR count). The zero-order valence-corrected chi connectivity index (χ0v) is 21.2. The third-order valence-corrected chi connectivity index (χ3v) is 7.65. The molecule has 11 heteroatoms. The second-order valence-corrected chi connectivity index (χ2v) is 10.1. The number of alkyl halides is 3. The number of carboxylic acid groups (broad SMARTS) is 1. The van der Waals surface area contributed by atoms with Gasteiger partial charge in [-0.15, -0.1) is 0 Å². The molecular weight excluding hydrogens is 518 g/mol. The van der Waals surface area contributed by atoms with Gasteiger partial charge in [0.2, 0.25) is 0 Å². The van der Waals surface area contributed by atoms with Crippen molar-refractivity contribution in [2.75, 3.05) is 25.1 Å². The molecule has 2 heterocycles. The Kier molecular flexibility index (Phi) is 7.46. The van der Waals surface area contributed by atoms with E-state index >= 15 is 0 Å². The predicted octanol–water partition coefficient (Wildman–Crippen LogP) is 6.67. The maximum atomic E-state index is 13.3. The number of amides is 1. The average molecular weight is 543 g/mol. The Morgan fingerprint density at radius 3 is 2.44 bits per heavy atom. The number of carboxylic acids is 1. The number of likely N-dealkylation sites (tertiary alicyclic amines) is 1. The first-order valence-electron chi connectivity index (χ1n) is 11.5. The highest BCUT2D eigenvalue weighted by molar-refractivity contribution is 6.38. The Labute approximate surface area is 216 Å².